The van der Waals surface area contributed by atoms with Gasteiger partial charge >= 0.3 is 0 Å². The first kappa shape index (κ1) is 19.8. The number of amides is 2. The van der Waals surface area contributed by atoms with Crippen LogP contribution in [-0.2, 0) is 18.3 Å². The van der Waals surface area contributed by atoms with Gasteiger partial charge < -0.3 is 15.0 Å². The Kier molecular flexibility index (Phi) is 5.37. The van der Waals surface area contributed by atoms with Gasteiger partial charge in [0.1, 0.15) is 0 Å². The molecule has 1 aliphatic heterocycles. The molecule has 2 amide bonds. The van der Waals surface area contributed by atoms with Crippen LogP contribution in [0.5, 0.6) is 0 Å². The number of carbonyl (C=O) groups excluding carboxylic acids is 2. The standard InChI is InChI=1S/C21H23N5O4/c1-13-11-16(17-18(23-13)25(2)24-20(17)28)19(27)22-12-14-3-5-15(6-4-14)21(29)26-7-9-30-10-8-26/h3-6,11H,7-10,12H2,1-2H3,(H,22,27)(H,24,28). The zero-order chi connectivity index (χ0) is 21.3. The molecule has 2 aromatic heterocycles. The molecule has 0 aliphatic carbocycles. The minimum atomic E-state index is -0.351. The van der Waals surface area contributed by atoms with Crippen molar-refractivity contribution in [2.75, 3.05) is 26.3 Å². The van der Waals surface area contributed by atoms with E-state index in [0.717, 1.165) is 5.56 Å². The minimum absolute atomic E-state index is 0.0214. The lowest BCUT2D eigenvalue weighted by molar-refractivity contribution is 0.0303. The Bertz CT molecular complexity index is 1160. The van der Waals surface area contributed by atoms with Crippen molar-refractivity contribution < 1.29 is 14.3 Å². The van der Waals surface area contributed by atoms with Gasteiger partial charge in [-0.25, -0.2) is 4.98 Å². The van der Waals surface area contributed by atoms with Crippen LogP contribution in [0, 0.1) is 6.92 Å². The molecule has 0 unspecified atom stereocenters. The van der Waals surface area contributed by atoms with Crippen LogP contribution < -0.4 is 10.9 Å². The molecular formula is C21H23N5O4. The third kappa shape index (κ3) is 3.84. The molecule has 0 spiro atoms. The number of ether oxygens (including phenoxy) is 1. The number of carbonyl (C=O) groups is 2. The predicted octanol–water partition coefficient (Wildman–Crippen LogP) is 0.972. The molecule has 1 fully saturated rings. The van der Waals surface area contributed by atoms with E-state index in [9.17, 15) is 14.4 Å². The van der Waals surface area contributed by atoms with E-state index >= 15 is 0 Å². The highest BCUT2D eigenvalue weighted by Crippen LogP contribution is 2.15. The van der Waals surface area contributed by atoms with Crippen molar-refractivity contribution in [3.05, 3.63) is 63.1 Å². The van der Waals surface area contributed by atoms with E-state index in [-0.39, 0.29) is 29.3 Å². The first-order chi connectivity index (χ1) is 14.4. The largest absolute Gasteiger partial charge is 0.378 e. The Hall–Kier alpha value is -3.46. The molecule has 156 valence electrons. The summed E-state index contributed by atoms with van der Waals surface area (Å²) in [4.78, 5) is 43.6. The highest BCUT2D eigenvalue weighted by atomic mass is 16.5. The van der Waals surface area contributed by atoms with Crippen LogP contribution >= 0.6 is 0 Å². The zero-order valence-electron chi connectivity index (χ0n) is 16.9. The normalized spacial score (nSPS) is 14.1. The van der Waals surface area contributed by atoms with Crippen LogP contribution in [-0.4, -0.2) is 57.8 Å². The SMILES string of the molecule is Cc1cc(C(=O)NCc2ccc(C(=O)N3CCOCC3)cc2)c2c(=O)[nH]n(C)c2n1. The Labute approximate surface area is 172 Å². The number of aryl methyl sites for hydroxylation is 2. The lowest BCUT2D eigenvalue weighted by Gasteiger charge is -2.26. The summed E-state index contributed by atoms with van der Waals surface area (Å²) in [7, 11) is 1.68. The average Bonchev–Trinajstić information content (AvgIpc) is 3.05. The summed E-state index contributed by atoms with van der Waals surface area (Å²) in [6, 6.07) is 8.76. The van der Waals surface area contributed by atoms with E-state index in [1.54, 1.807) is 37.1 Å². The van der Waals surface area contributed by atoms with Crippen molar-refractivity contribution in [2.45, 2.75) is 13.5 Å². The van der Waals surface area contributed by atoms with Gasteiger partial charge in [0, 0.05) is 37.9 Å². The number of H-pyrrole nitrogens is 1. The van der Waals surface area contributed by atoms with Crippen LogP contribution in [0.15, 0.2) is 35.1 Å². The molecule has 0 saturated carbocycles. The van der Waals surface area contributed by atoms with Crippen LogP contribution in [0.2, 0.25) is 0 Å². The molecule has 1 aromatic carbocycles. The van der Waals surface area contributed by atoms with E-state index in [1.807, 2.05) is 12.1 Å². The number of hydrogen-bond donors (Lipinski definition) is 2. The first-order valence-corrected chi connectivity index (χ1v) is 9.74. The van der Waals surface area contributed by atoms with Crippen molar-refractivity contribution in [1.29, 1.82) is 0 Å². The molecule has 9 heteroatoms. The summed E-state index contributed by atoms with van der Waals surface area (Å²) >= 11 is 0. The number of pyridine rings is 1. The number of aromatic amines is 1. The smallest absolute Gasteiger partial charge is 0.274 e. The second-order valence-corrected chi connectivity index (χ2v) is 7.29. The Morgan fingerprint density at radius 3 is 2.60 bits per heavy atom. The fourth-order valence-electron chi connectivity index (χ4n) is 3.56. The average molecular weight is 409 g/mol. The lowest BCUT2D eigenvalue weighted by Crippen LogP contribution is -2.40. The predicted molar refractivity (Wildman–Crippen MR) is 110 cm³/mol. The molecular weight excluding hydrogens is 386 g/mol. The molecule has 3 aromatic rings. The Balaban J connectivity index is 1.46. The van der Waals surface area contributed by atoms with Crippen molar-refractivity contribution in [3.63, 3.8) is 0 Å². The molecule has 9 nitrogen and oxygen atoms in total. The molecule has 0 radical (unpaired) electrons. The minimum Gasteiger partial charge on any atom is -0.378 e. The molecule has 1 aliphatic rings. The monoisotopic (exact) mass is 409 g/mol. The van der Waals surface area contributed by atoms with Gasteiger partial charge in [0.15, 0.2) is 5.65 Å². The summed E-state index contributed by atoms with van der Waals surface area (Å²) in [5.41, 5.74) is 2.49. The maximum absolute atomic E-state index is 12.8. The van der Waals surface area contributed by atoms with Crippen molar-refractivity contribution in [2.24, 2.45) is 7.05 Å². The van der Waals surface area contributed by atoms with Crippen LogP contribution in [0.1, 0.15) is 32.0 Å². The lowest BCUT2D eigenvalue weighted by atomic mass is 10.1. The Morgan fingerprint density at radius 2 is 1.90 bits per heavy atom. The van der Waals surface area contributed by atoms with Crippen molar-refractivity contribution in [3.8, 4) is 0 Å². The Morgan fingerprint density at radius 1 is 1.20 bits per heavy atom. The van der Waals surface area contributed by atoms with Gasteiger partial charge in [0.25, 0.3) is 17.4 Å². The van der Waals surface area contributed by atoms with Crippen LogP contribution in [0.3, 0.4) is 0 Å². The van der Waals surface area contributed by atoms with Crippen molar-refractivity contribution in [1.82, 2.24) is 25.0 Å². The van der Waals surface area contributed by atoms with Gasteiger partial charge in [-0.05, 0) is 30.7 Å². The third-order valence-corrected chi connectivity index (χ3v) is 5.14. The number of aromatic nitrogens is 3. The van der Waals surface area contributed by atoms with Gasteiger partial charge in [-0.1, -0.05) is 12.1 Å². The second kappa shape index (κ2) is 8.11. The molecule has 0 bridgehead atoms. The number of nitrogens with zero attached hydrogens (tertiary/aromatic N) is 3. The number of fused-ring (bicyclic) bond motifs is 1. The number of nitrogens with one attached hydrogen (secondary N) is 2. The summed E-state index contributed by atoms with van der Waals surface area (Å²) in [5, 5.41) is 5.74. The summed E-state index contributed by atoms with van der Waals surface area (Å²) in [6.07, 6.45) is 0. The molecule has 30 heavy (non-hydrogen) atoms. The first-order valence-electron chi connectivity index (χ1n) is 9.74. The molecule has 1 saturated heterocycles. The topological polar surface area (TPSA) is 109 Å². The van der Waals surface area contributed by atoms with Crippen molar-refractivity contribution >= 4 is 22.8 Å². The number of morpholine rings is 1. The molecule has 3 heterocycles. The summed E-state index contributed by atoms with van der Waals surface area (Å²) in [5.74, 6) is -0.373. The fraction of sp³-hybridized carbons (Fsp3) is 0.333. The van der Waals surface area contributed by atoms with E-state index < -0.39 is 0 Å². The second-order valence-electron chi connectivity index (χ2n) is 7.29. The third-order valence-electron chi connectivity index (χ3n) is 5.14. The summed E-state index contributed by atoms with van der Waals surface area (Å²) < 4.78 is 6.78. The molecule has 4 rings (SSSR count). The quantitative estimate of drug-likeness (QED) is 0.667. The van der Waals surface area contributed by atoms with Gasteiger partial charge in [-0.3, -0.25) is 24.2 Å². The van der Waals surface area contributed by atoms with Gasteiger partial charge in [-0.15, -0.1) is 0 Å². The zero-order valence-corrected chi connectivity index (χ0v) is 16.9. The number of benzene rings is 1. The maximum atomic E-state index is 12.8. The van der Waals surface area contributed by atoms with E-state index in [4.69, 9.17) is 4.74 Å². The number of hydrogen-bond acceptors (Lipinski definition) is 5. The number of rotatable bonds is 4. The van der Waals surface area contributed by atoms with Gasteiger partial charge in [-0.2, -0.15) is 0 Å². The molecule has 0 atom stereocenters. The van der Waals surface area contributed by atoms with E-state index in [1.165, 1.54) is 4.68 Å². The molecule has 2 N–H and O–H groups in total. The van der Waals surface area contributed by atoms with Gasteiger partial charge in [0.2, 0.25) is 0 Å². The summed E-state index contributed by atoms with van der Waals surface area (Å²) in [6.45, 7) is 4.35. The van der Waals surface area contributed by atoms with E-state index in [2.05, 4.69) is 15.4 Å². The van der Waals surface area contributed by atoms with Crippen LogP contribution in [0.4, 0.5) is 0 Å². The fourth-order valence-corrected chi connectivity index (χ4v) is 3.56. The van der Waals surface area contributed by atoms with Gasteiger partial charge in [0.05, 0.1) is 24.2 Å². The highest BCUT2D eigenvalue weighted by molar-refractivity contribution is 6.05. The highest BCUT2D eigenvalue weighted by Gasteiger charge is 2.19. The maximum Gasteiger partial charge on any atom is 0.274 e. The van der Waals surface area contributed by atoms with E-state index in [0.29, 0.717) is 48.8 Å². The van der Waals surface area contributed by atoms with Crippen LogP contribution in [0.25, 0.3) is 11.0 Å².